The summed E-state index contributed by atoms with van der Waals surface area (Å²) in [5.41, 5.74) is 2.39. The number of hydrogen-bond donors (Lipinski definition) is 2. The van der Waals surface area contributed by atoms with Crippen molar-refractivity contribution in [1.82, 2.24) is 15.3 Å². The second-order valence-electron chi connectivity index (χ2n) is 4.80. The van der Waals surface area contributed by atoms with E-state index in [1.54, 1.807) is 13.2 Å². The van der Waals surface area contributed by atoms with Crippen LogP contribution >= 0.6 is 0 Å². The Hall–Kier alpha value is -1.88. The van der Waals surface area contributed by atoms with Crippen LogP contribution in [-0.2, 0) is 0 Å². The van der Waals surface area contributed by atoms with Gasteiger partial charge in [-0.15, -0.1) is 0 Å². The third-order valence-electron chi connectivity index (χ3n) is 3.49. The minimum absolute atomic E-state index is 0.287. The molecular weight excluding hydrogens is 245 g/mol. The highest BCUT2D eigenvalue weighted by molar-refractivity contribution is 5.69. The summed E-state index contributed by atoms with van der Waals surface area (Å²) in [5, 5.41) is 3.22. The van der Waals surface area contributed by atoms with Gasteiger partial charge in [-0.05, 0) is 25.1 Å². The Bertz CT molecular complexity index is 605. The van der Waals surface area contributed by atoms with E-state index in [9.17, 15) is 4.39 Å². The van der Waals surface area contributed by atoms with E-state index in [1.807, 2.05) is 6.92 Å². The van der Waals surface area contributed by atoms with Crippen LogP contribution in [0.5, 0.6) is 5.75 Å². The van der Waals surface area contributed by atoms with Crippen molar-refractivity contribution < 1.29 is 9.13 Å². The van der Waals surface area contributed by atoms with Crippen molar-refractivity contribution in [2.45, 2.75) is 12.8 Å². The molecule has 0 bridgehead atoms. The van der Waals surface area contributed by atoms with Crippen LogP contribution in [0.4, 0.5) is 4.39 Å². The maximum Gasteiger partial charge on any atom is 0.128 e. The first-order valence-electron chi connectivity index (χ1n) is 6.30. The minimum atomic E-state index is -0.287. The van der Waals surface area contributed by atoms with Crippen molar-refractivity contribution in [3.05, 3.63) is 35.5 Å². The zero-order valence-corrected chi connectivity index (χ0v) is 11.0. The highest BCUT2D eigenvalue weighted by Gasteiger charge is 2.24. The fraction of sp³-hybridized carbons (Fsp3) is 0.357. The van der Waals surface area contributed by atoms with Gasteiger partial charge in [0.1, 0.15) is 17.4 Å². The Morgan fingerprint density at radius 3 is 2.79 bits per heavy atom. The monoisotopic (exact) mass is 261 g/mol. The molecule has 1 aliphatic heterocycles. The zero-order chi connectivity index (χ0) is 13.4. The number of aromatic amines is 1. The molecule has 0 spiro atoms. The van der Waals surface area contributed by atoms with Gasteiger partial charge in [-0.25, -0.2) is 9.37 Å². The SMILES string of the molecule is COc1ccc(F)cc1-c1nc(C2CNC2)[nH]c1C. The summed E-state index contributed by atoms with van der Waals surface area (Å²) >= 11 is 0. The molecular formula is C14H16FN3O. The van der Waals surface area contributed by atoms with Crippen molar-refractivity contribution in [3.8, 4) is 17.0 Å². The second kappa shape index (κ2) is 4.66. The predicted octanol–water partition coefficient (Wildman–Crippen LogP) is 2.22. The van der Waals surface area contributed by atoms with Gasteiger partial charge in [0.05, 0.1) is 12.8 Å². The molecule has 5 heteroatoms. The lowest BCUT2D eigenvalue weighted by Crippen LogP contribution is -2.40. The summed E-state index contributed by atoms with van der Waals surface area (Å²) in [7, 11) is 1.58. The van der Waals surface area contributed by atoms with Crippen LogP contribution in [0.1, 0.15) is 17.4 Å². The van der Waals surface area contributed by atoms with Crippen molar-refractivity contribution in [2.24, 2.45) is 0 Å². The molecule has 100 valence electrons. The van der Waals surface area contributed by atoms with Crippen LogP contribution in [0.3, 0.4) is 0 Å². The second-order valence-corrected chi connectivity index (χ2v) is 4.80. The van der Waals surface area contributed by atoms with Crippen LogP contribution in [0.15, 0.2) is 18.2 Å². The minimum Gasteiger partial charge on any atom is -0.496 e. The molecule has 1 aromatic heterocycles. The Kier molecular flexibility index (Phi) is 2.98. The smallest absolute Gasteiger partial charge is 0.128 e. The van der Waals surface area contributed by atoms with Gasteiger partial charge in [-0.2, -0.15) is 0 Å². The summed E-state index contributed by atoms with van der Waals surface area (Å²) < 4.78 is 18.7. The number of ether oxygens (including phenoxy) is 1. The first-order valence-corrected chi connectivity index (χ1v) is 6.30. The van der Waals surface area contributed by atoms with E-state index in [1.165, 1.54) is 12.1 Å². The summed E-state index contributed by atoms with van der Waals surface area (Å²) in [6.07, 6.45) is 0. The molecule has 3 rings (SSSR count). The zero-order valence-electron chi connectivity index (χ0n) is 11.0. The van der Waals surface area contributed by atoms with Gasteiger partial charge in [0.15, 0.2) is 0 Å². The summed E-state index contributed by atoms with van der Waals surface area (Å²) in [6, 6.07) is 4.48. The Labute approximate surface area is 111 Å². The van der Waals surface area contributed by atoms with Crippen LogP contribution in [-0.4, -0.2) is 30.2 Å². The van der Waals surface area contributed by atoms with E-state index < -0.39 is 0 Å². The molecule has 2 N–H and O–H groups in total. The average Bonchev–Trinajstić information content (AvgIpc) is 2.68. The number of rotatable bonds is 3. The number of nitrogens with zero attached hydrogens (tertiary/aromatic N) is 1. The van der Waals surface area contributed by atoms with Gasteiger partial charge in [-0.1, -0.05) is 0 Å². The Morgan fingerprint density at radius 2 is 2.16 bits per heavy atom. The first-order chi connectivity index (χ1) is 9.19. The largest absolute Gasteiger partial charge is 0.496 e. The molecule has 0 atom stereocenters. The molecule has 4 nitrogen and oxygen atoms in total. The lowest BCUT2D eigenvalue weighted by Gasteiger charge is -2.24. The number of hydrogen-bond acceptors (Lipinski definition) is 3. The topological polar surface area (TPSA) is 49.9 Å². The third-order valence-corrected chi connectivity index (χ3v) is 3.49. The molecule has 1 aliphatic rings. The molecule has 0 unspecified atom stereocenters. The number of aryl methyl sites for hydroxylation is 1. The van der Waals surface area contributed by atoms with Crippen molar-refractivity contribution in [2.75, 3.05) is 20.2 Å². The van der Waals surface area contributed by atoms with Gasteiger partial charge in [0.2, 0.25) is 0 Å². The normalized spacial score (nSPS) is 15.3. The molecule has 1 aromatic carbocycles. The lowest BCUT2D eigenvalue weighted by atomic mass is 10.0. The van der Waals surface area contributed by atoms with E-state index in [0.717, 1.165) is 30.3 Å². The maximum atomic E-state index is 13.4. The quantitative estimate of drug-likeness (QED) is 0.890. The number of benzene rings is 1. The summed E-state index contributed by atoms with van der Waals surface area (Å²) in [4.78, 5) is 7.90. The Balaban J connectivity index is 2.05. The van der Waals surface area contributed by atoms with E-state index in [2.05, 4.69) is 15.3 Å². The van der Waals surface area contributed by atoms with Crippen LogP contribution in [0.2, 0.25) is 0 Å². The van der Waals surface area contributed by atoms with Crippen LogP contribution in [0.25, 0.3) is 11.3 Å². The van der Waals surface area contributed by atoms with E-state index in [4.69, 9.17) is 4.74 Å². The molecule has 2 heterocycles. The number of nitrogens with one attached hydrogen (secondary N) is 2. The van der Waals surface area contributed by atoms with Gasteiger partial charge in [0.25, 0.3) is 0 Å². The summed E-state index contributed by atoms with van der Waals surface area (Å²) in [5.74, 6) is 1.73. The van der Waals surface area contributed by atoms with Crippen molar-refractivity contribution in [3.63, 3.8) is 0 Å². The number of aromatic nitrogens is 2. The van der Waals surface area contributed by atoms with E-state index in [0.29, 0.717) is 17.2 Å². The van der Waals surface area contributed by atoms with Crippen LogP contribution < -0.4 is 10.1 Å². The fourth-order valence-electron chi connectivity index (χ4n) is 2.29. The highest BCUT2D eigenvalue weighted by atomic mass is 19.1. The Morgan fingerprint density at radius 1 is 1.37 bits per heavy atom. The first kappa shape index (κ1) is 12.2. The molecule has 0 radical (unpaired) electrons. The standard InChI is InChI=1S/C14H16FN3O/c1-8-13(18-14(17-8)9-6-16-7-9)11-5-10(15)3-4-12(11)19-2/h3-5,9,16H,6-7H2,1-2H3,(H,17,18). The number of H-pyrrole nitrogens is 1. The van der Waals surface area contributed by atoms with Crippen LogP contribution in [0, 0.1) is 12.7 Å². The van der Waals surface area contributed by atoms with Crippen molar-refractivity contribution in [1.29, 1.82) is 0 Å². The molecule has 1 saturated heterocycles. The van der Waals surface area contributed by atoms with Gasteiger partial charge >= 0.3 is 0 Å². The van der Waals surface area contributed by atoms with Crippen molar-refractivity contribution >= 4 is 0 Å². The molecule has 0 aliphatic carbocycles. The molecule has 19 heavy (non-hydrogen) atoms. The van der Waals surface area contributed by atoms with E-state index >= 15 is 0 Å². The number of imidazole rings is 1. The van der Waals surface area contributed by atoms with Gasteiger partial charge in [0, 0.05) is 30.3 Å². The summed E-state index contributed by atoms with van der Waals surface area (Å²) in [6.45, 7) is 3.82. The average molecular weight is 261 g/mol. The van der Waals surface area contributed by atoms with E-state index in [-0.39, 0.29) is 5.82 Å². The molecule has 0 saturated carbocycles. The number of halogens is 1. The molecule has 1 fully saturated rings. The third kappa shape index (κ3) is 2.10. The highest BCUT2D eigenvalue weighted by Crippen LogP contribution is 2.32. The van der Waals surface area contributed by atoms with Gasteiger partial charge in [-0.3, -0.25) is 0 Å². The van der Waals surface area contributed by atoms with Gasteiger partial charge < -0.3 is 15.0 Å². The molecule has 0 amide bonds. The maximum absolute atomic E-state index is 13.4. The fourth-order valence-corrected chi connectivity index (χ4v) is 2.29. The lowest BCUT2D eigenvalue weighted by molar-refractivity contribution is 0.415. The molecule has 2 aromatic rings. The number of methoxy groups -OCH3 is 1. The predicted molar refractivity (Wildman–Crippen MR) is 70.9 cm³/mol.